The number of hydrogen-bond donors (Lipinski definition) is 0. The molecule has 174 valence electrons. The summed E-state index contributed by atoms with van der Waals surface area (Å²) in [7, 11) is 0. The van der Waals surface area contributed by atoms with Crippen molar-refractivity contribution in [3.05, 3.63) is 34.9 Å². The molecular weight excluding hydrogens is 430 g/mol. The van der Waals surface area contributed by atoms with Gasteiger partial charge in [0.2, 0.25) is 11.8 Å². The van der Waals surface area contributed by atoms with Crippen LogP contribution >= 0.6 is 11.6 Å². The Bertz CT molecular complexity index is 868. The van der Waals surface area contributed by atoms with Crippen molar-refractivity contribution in [3.8, 4) is 0 Å². The van der Waals surface area contributed by atoms with Crippen LogP contribution in [0.3, 0.4) is 0 Å². The van der Waals surface area contributed by atoms with Gasteiger partial charge in [0.15, 0.2) is 0 Å². The maximum atomic E-state index is 13.4. The maximum absolute atomic E-state index is 13.4. The molecule has 3 saturated heterocycles. The zero-order valence-corrected chi connectivity index (χ0v) is 19.8. The molecule has 1 aromatic rings. The molecule has 3 heterocycles. The smallest absolute Gasteiger partial charge is 0.410 e. The molecule has 0 saturated carbocycles. The van der Waals surface area contributed by atoms with Gasteiger partial charge >= 0.3 is 6.09 Å². The van der Waals surface area contributed by atoms with Crippen molar-refractivity contribution in [3.63, 3.8) is 0 Å². The number of hydrogen-bond acceptors (Lipinski definition) is 4. The van der Waals surface area contributed by atoms with Gasteiger partial charge in [-0.2, -0.15) is 0 Å². The van der Waals surface area contributed by atoms with E-state index in [0.717, 1.165) is 12.0 Å². The zero-order valence-electron chi connectivity index (χ0n) is 19.1. The molecule has 0 radical (unpaired) electrons. The third-order valence-electron chi connectivity index (χ3n) is 6.42. The highest BCUT2D eigenvalue weighted by atomic mass is 35.5. The van der Waals surface area contributed by atoms with E-state index in [1.165, 1.54) is 0 Å². The summed E-state index contributed by atoms with van der Waals surface area (Å²) in [6.45, 7) is 8.47. The Balaban J connectivity index is 1.39. The average molecular weight is 462 g/mol. The van der Waals surface area contributed by atoms with E-state index >= 15 is 0 Å². The minimum Gasteiger partial charge on any atom is -0.444 e. The molecule has 4 rings (SSSR count). The number of rotatable bonds is 3. The highest BCUT2D eigenvalue weighted by Gasteiger charge is 2.43. The zero-order chi connectivity index (χ0) is 23.0. The summed E-state index contributed by atoms with van der Waals surface area (Å²) >= 11 is 5.97. The third-order valence-corrected chi connectivity index (χ3v) is 6.68. The molecule has 8 heteroatoms. The Labute approximate surface area is 194 Å². The van der Waals surface area contributed by atoms with Crippen LogP contribution in [0.15, 0.2) is 24.3 Å². The highest BCUT2D eigenvalue weighted by Crippen LogP contribution is 2.32. The molecule has 0 N–H and O–H groups in total. The molecule has 3 fully saturated rings. The SMILES string of the molecule is CC(C)(C)OC(=O)N1CC2CC(C1)CN(C(=O)C1CCC(=O)N1Cc1ccc(Cl)cc1)C2. The van der Waals surface area contributed by atoms with Crippen LogP contribution in [0.2, 0.25) is 5.02 Å². The quantitative estimate of drug-likeness (QED) is 0.690. The number of likely N-dealkylation sites (tertiary alicyclic amines) is 3. The van der Waals surface area contributed by atoms with E-state index in [4.69, 9.17) is 16.3 Å². The summed E-state index contributed by atoms with van der Waals surface area (Å²) in [6, 6.07) is 6.98. The molecule has 1 aromatic carbocycles. The maximum Gasteiger partial charge on any atom is 0.410 e. The number of carbonyl (C=O) groups is 3. The molecule has 0 aromatic heterocycles. The molecular formula is C24H32ClN3O4. The van der Waals surface area contributed by atoms with Crippen LogP contribution < -0.4 is 0 Å². The van der Waals surface area contributed by atoms with Crippen molar-refractivity contribution < 1.29 is 19.1 Å². The van der Waals surface area contributed by atoms with Crippen molar-refractivity contribution in [1.82, 2.24) is 14.7 Å². The van der Waals surface area contributed by atoms with Crippen LogP contribution in [-0.4, -0.2) is 70.4 Å². The van der Waals surface area contributed by atoms with Crippen LogP contribution in [0, 0.1) is 11.8 Å². The first-order valence-electron chi connectivity index (χ1n) is 11.4. The topological polar surface area (TPSA) is 70.2 Å². The molecule has 2 bridgehead atoms. The molecule has 32 heavy (non-hydrogen) atoms. The molecule has 0 aliphatic carbocycles. The normalized spacial score (nSPS) is 25.8. The molecule has 3 aliphatic heterocycles. The summed E-state index contributed by atoms with van der Waals surface area (Å²) in [5.74, 6) is 0.526. The van der Waals surface area contributed by atoms with E-state index < -0.39 is 11.6 Å². The number of amides is 3. The lowest BCUT2D eigenvalue weighted by Gasteiger charge is -2.46. The lowest BCUT2D eigenvalue weighted by molar-refractivity contribution is -0.145. The number of fused-ring (bicyclic) bond motifs is 2. The van der Waals surface area contributed by atoms with Crippen molar-refractivity contribution in [2.24, 2.45) is 11.8 Å². The first-order chi connectivity index (χ1) is 15.1. The minimum atomic E-state index is -0.520. The molecule has 3 unspecified atom stereocenters. The number of nitrogens with zero attached hydrogens (tertiary/aromatic N) is 3. The van der Waals surface area contributed by atoms with E-state index in [9.17, 15) is 14.4 Å². The summed E-state index contributed by atoms with van der Waals surface area (Å²) in [5, 5.41) is 0.648. The van der Waals surface area contributed by atoms with Crippen LogP contribution in [0.1, 0.15) is 45.6 Å². The standard InChI is InChI=1S/C24H32ClN3O4/c1-24(2,3)32-23(31)27-13-17-10-18(14-27)12-26(11-17)22(30)20-8-9-21(29)28(20)15-16-4-6-19(25)7-5-16/h4-7,17-18,20H,8-15H2,1-3H3. The van der Waals surface area contributed by atoms with Gasteiger partial charge in [-0.3, -0.25) is 9.59 Å². The van der Waals surface area contributed by atoms with Gasteiger partial charge in [-0.05, 0) is 63.1 Å². The first-order valence-corrected chi connectivity index (χ1v) is 11.8. The van der Waals surface area contributed by atoms with E-state index in [-0.39, 0.29) is 29.7 Å². The lowest BCUT2D eigenvalue weighted by Crippen LogP contribution is -2.58. The second-order valence-electron chi connectivity index (χ2n) is 10.3. The number of piperidine rings is 2. The molecule has 7 nitrogen and oxygen atoms in total. The molecule has 3 aliphatic rings. The summed E-state index contributed by atoms with van der Waals surface area (Å²) in [4.78, 5) is 43.9. The number of halogens is 1. The highest BCUT2D eigenvalue weighted by molar-refractivity contribution is 6.30. The van der Waals surface area contributed by atoms with Crippen LogP contribution in [0.4, 0.5) is 4.79 Å². The second-order valence-corrected chi connectivity index (χ2v) is 10.7. The molecule has 0 spiro atoms. The second kappa shape index (κ2) is 8.93. The summed E-state index contributed by atoms with van der Waals surface area (Å²) in [6.07, 6.45) is 1.70. The van der Waals surface area contributed by atoms with E-state index in [0.29, 0.717) is 50.6 Å². The fourth-order valence-electron chi connectivity index (χ4n) is 5.12. The van der Waals surface area contributed by atoms with Crippen molar-refractivity contribution in [2.45, 2.75) is 58.2 Å². The van der Waals surface area contributed by atoms with E-state index in [1.54, 1.807) is 21.9 Å². The van der Waals surface area contributed by atoms with Gasteiger partial charge in [0, 0.05) is 44.2 Å². The lowest BCUT2D eigenvalue weighted by atomic mass is 9.84. The van der Waals surface area contributed by atoms with E-state index in [1.807, 2.05) is 37.8 Å². The molecule has 3 amide bonds. The van der Waals surface area contributed by atoms with E-state index in [2.05, 4.69) is 0 Å². The van der Waals surface area contributed by atoms with Crippen LogP contribution in [0.25, 0.3) is 0 Å². The van der Waals surface area contributed by atoms with Gasteiger partial charge in [-0.25, -0.2) is 4.79 Å². The van der Waals surface area contributed by atoms with Gasteiger partial charge in [-0.15, -0.1) is 0 Å². The predicted molar refractivity (Wildman–Crippen MR) is 121 cm³/mol. The Morgan fingerprint density at radius 2 is 1.62 bits per heavy atom. The third kappa shape index (κ3) is 5.20. The largest absolute Gasteiger partial charge is 0.444 e. The van der Waals surface area contributed by atoms with Crippen LogP contribution in [-0.2, 0) is 20.9 Å². The molecule has 3 atom stereocenters. The average Bonchev–Trinajstić information content (AvgIpc) is 3.07. The van der Waals surface area contributed by atoms with Crippen molar-refractivity contribution in [1.29, 1.82) is 0 Å². The van der Waals surface area contributed by atoms with Gasteiger partial charge in [0.25, 0.3) is 0 Å². The Kier molecular flexibility index (Phi) is 6.39. The fourth-order valence-corrected chi connectivity index (χ4v) is 5.25. The van der Waals surface area contributed by atoms with Crippen LogP contribution in [0.5, 0.6) is 0 Å². The number of benzene rings is 1. The van der Waals surface area contributed by atoms with Crippen molar-refractivity contribution >= 4 is 29.5 Å². The predicted octanol–water partition coefficient (Wildman–Crippen LogP) is 3.55. The number of ether oxygens (including phenoxy) is 1. The Hall–Kier alpha value is -2.28. The van der Waals surface area contributed by atoms with Gasteiger partial charge in [0.1, 0.15) is 11.6 Å². The Morgan fingerprint density at radius 3 is 2.22 bits per heavy atom. The summed E-state index contributed by atoms with van der Waals surface area (Å²) in [5.41, 5.74) is 0.444. The Morgan fingerprint density at radius 1 is 1.03 bits per heavy atom. The van der Waals surface area contributed by atoms with Gasteiger partial charge in [-0.1, -0.05) is 23.7 Å². The summed E-state index contributed by atoms with van der Waals surface area (Å²) < 4.78 is 5.54. The monoisotopic (exact) mass is 461 g/mol. The first kappa shape index (κ1) is 22.9. The van der Waals surface area contributed by atoms with Crippen molar-refractivity contribution in [2.75, 3.05) is 26.2 Å². The minimum absolute atomic E-state index is 0.0200. The number of carbonyl (C=O) groups excluding carboxylic acids is 3. The fraction of sp³-hybridized carbons (Fsp3) is 0.625. The van der Waals surface area contributed by atoms with Gasteiger partial charge < -0.3 is 19.4 Å². The van der Waals surface area contributed by atoms with Gasteiger partial charge in [0.05, 0.1) is 0 Å².